The van der Waals surface area contributed by atoms with Gasteiger partial charge in [0.25, 0.3) is 11.8 Å². The molecule has 11 nitrogen and oxygen atoms in total. The molecular formula is C37H44ClN5O6S. The molecule has 50 heavy (non-hydrogen) atoms. The van der Waals surface area contributed by atoms with E-state index in [1.807, 2.05) is 6.07 Å². The second-order valence-corrected chi connectivity index (χ2v) is 17.0. The highest BCUT2D eigenvalue weighted by molar-refractivity contribution is 7.92. The fraction of sp³-hybridized carbons (Fsp3) is 0.486. The van der Waals surface area contributed by atoms with Crippen LogP contribution in [0.3, 0.4) is 0 Å². The van der Waals surface area contributed by atoms with Crippen LogP contribution in [-0.2, 0) is 38.3 Å². The molecule has 2 aromatic carbocycles. The van der Waals surface area contributed by atoms with Gasteiger partial charge in [-0.25, -0.2) is 4.21 Å². The van der Waals surface area contributed by atoms with E-state index in [1.54, 1.807) is 58.2 Å². The van der Waals surface area contributed by atoms with Crippen molar-refractivity contribution in [3.8, 4) is 5.75 Å². The Labute approximate surface area is 298 Å². The van der Waals surface area contributed by atoms with Crippen LogP contribution in [0.1, 0.15) is 66.7 Å². The fourth-order valence-electron chi connectivity index (χ4n) is 7.84. The van der Waals surface area contributed by atoms with Crippen molar-refractivity contribution in [3.05, 3.63) is 82.2 Å². The first-order valence-corrected chi connectivity index (χ1v) is 19.1. The first-order chi connectivity index (χ1) is 23.8. The maximum atomic E-state index is 15.1. The zero-order valence-electron chi connectivity index (χ0n) is 28.9. The maximum Gasteiger partial charge on any atom is 0.287 e. The number of anilines is 1. The predicted molar refractivity (Wildman–Crippen MR) is 191 cm³/mol. The molecule has 2 N–H and O–H groups in total. The number of nitrogens with zero attached hydrogens (tertiary/aromatic N) is 4. The number of aliphatic hydroxyl groups excluding tert-OH is 1. The van der Waals surface area contributed by atoms with Gasteiger partial charge in [0.1, 0.15) is 11.4 Å². The lowest BCUT2D eigenvalue weighted by Crippen LogP contribution is -2.49. The molecule has 3 heterocycles. The van der Waals surface area contributed by atoms with E-state index in [0.29, 0.717) is 41.8 Å². The van der Waals surface area contributed by atoms with Gasteiger partial charge < -0.3 is 19.5 Å². The zero-order valence-corrected chi connectivity index (χ0v) is 30.4. The van der Waals surface area contributed by atoms with Gasteiger partial charge in [-0.05, 0) is 106 Å². The molecule has 0 saturated heterocycles. The van der Waals surface area contributed by atoms with Crippen LogP contribution in [0, 0.1) is 18.8 Å². The van der Waals surface area contributed by atoms with Gasteiger partial charge in [-0.15, -0.1) is 4.36 Å². The number of ether oxygens (including phenoxy) is 2. The van der Waals surface area contributed by atoms with E-state index in [4.69, 9.17) is 21.1 Å². The number of carbonyl (C=O) groups is 2. The minimum absolute atomic E-state index is 0.0410. The van der Waals surface area contributed by atoms with Crippen LogP contribution in [0.25, 0.3) is 0 Å². The van der Waals surface area contributed by atoms with Crippen molar-refractivity contribution in [2.75, 3.05) is 31.2 Å². The van der Waals surface area contributed by atoms with Gasteiger partial charge in [0.05, 0.1) is 41.2 Å². The summed E-state index contributed by atoms with van der Waals surface area (Å²) in [5, 5.41) is 16.2. The van der Waals surface area contributed by atoms with E-state index in [1.165, 1.54) is 22.0 Å². The lowest BCUT2D eigenvalue weighted by molar-refractivity contribution is -0.137. The van der Waals surface area contributed by atoms with Crippen molar-refractivity contribution < 1.29 is 28.4 Å². The number of fused-ring (bicyclic) bond motifs is 4. The number of aryl methyl sites for hydroxylation is 3. The zero-order chi connectivity index (χ0) is 35.4. The number of hydrogen-bond donors (Lipinski definition) is 2. The fourth-order valence-corrected chi connectivity index (χ4v) is 9.64. The number of hydrogen-bond acceptors (Lipinski definition) is 8. The topological polar surface area (TPSA) is 135 Å². The molecule has 4 aliphatic rings. The van der Waals surface area contributed by atoms with E-state index in [-0.39, 0.29) is 34.3 Å². The van der Waals surface area contributed by atoms with Crippen LogP contribution < -0.4 is 14.4 Å². The Balaban J connectivity index is 1.37. The summed E-state index contributed by atoms with van der Waals surface area (Å²) in [5.74, 6) is -0.637. The molecule has 2 aliphatic carbocycles. The molecule has 0 radical (unpaired) electrons. The molecule has 7 rings (SSSR count). The quantitative estimate of drug-likeness (QED) is 0.341. The second-order valence-electron chi connectivity index (χ2n) is 14.6. The van der Waals surface area contributed by atoms with Crippen molar-refractivity contribution in [1.82, 2.24) is 14.5 Å². The van der Waals surface area contributed by atoms with E-state index in [2.05, 4.69) is 31.2 Å². The molecule has 3 aromatic rings. The Morgan fingerprint density at radius 1 is 1.18 bits per heavy atom. The molecule has 2 amide bonds. The number of rotatable bonds is 2. The second kappa shape index (κ2) is 13.1. The summed E-state index contributed by atoms with van der Waals surface area (Å²) in [6, 6.07) is 11.2. The number of nitrogens with one attached hydrogen (secondary N) is 1. The average Bonchev–Trinajstić information content (AvgIpc) is 3.32. The molecular weight excluding hydrogens is 678 g/mol. The Morgan fingerprint density at radius 3 is 2.74 bits per heavy atom. The van der Waals surface area contributed by atoms with Crippen molar-refractivity contribution in [2.45, 2.75) is 74.9 Å². The van der Waals surface area contributed by atoms with Crippen LogP contribution >= 0.6 is 11.6 Å². The van der Waals surface area contributed by atoms with Crippen molar-refractivity contribution in [1.29, 1.82) is 0 Å². The molecule has 5 atom stereocenters. The van der Waals surface area contributed by atoms with Crippen LogP contribution in [0.2, 0.25) is 5.02 Å². The summed E-state index contributed by atoms with van der Waals surface area (Å²) in [7, 11) is -2.22. The van der Waals surface area contributed by atoms with Crippen molar-refractivity contribution in [2.24, 2.45) is 23.2 Å². The number of halogens is 1. The predicted octanol–water partition coefficient (Wildman–Crippen LogP) is 5.31. The summed E-state index contributed by atoms with van der Waals surface area (Å²) >= 11 is 6.44. The monoisotopic (exact) mass is 721 g/mol. The van der Waals surface area contributed by atoms with Crippen molar-refractivity contribution in [3.63, 3.8) is 0 Å². The van der Waals surface area contributed by atoms with Crippen LogP contribution in [0.4, 0.5) is 5.69 Å². The minimum atomic E-state index is -3.91. The van der Waals surface area contributed by atoms with Gasteiger partial charge in [-0.3, -0.25) is 19.0 Å². The minimum Gasteiger partial charge on any atom is -0.490 e. The third-order valence-corrected chi connectivity index (χ3v) is 12.8. The van der Waals surface area contributed by atoms with Crippen molar-refractivity contribution >= 4 is 39.0 Å². The smallest absolute Gasteiger partial charge is 0.287 e. The van der Waals surface area contributed by atoms with Gasteiger partial charge in [-0.1, -0.05) is 29.8 Å². The van der Waals surface area contributed by atoms with E-state index in [9.17, 15) is 14.7 Å². The van der Waals surface area contributed by atoms with E-state index < -0.39 is 33.4 Å². The molecule has 0 unspecified atom stereocenters. The Morgan fingerprint density at radius 2 is 2.00 bits per heavy atom. The number of benzene rings is 2. The summed E-state index contributed by atoms with van der Waals surface area (Å²) in [6.07, 6.45) is 8.98. The van der Waals surface area contributed by atoms with Crippen LogP contribution in [0.15, 0.2) is 64.0 Å². The highest BCUT2D eigenvalue weighted by Crippen LogP contribution is 2.47. The molecule has 266 valence electrons. The Hall–Kier alpha value is -3.71. The highest BCUT2D eigenvalue weighted by atomic mass is 35.5. The largest absolute Gasteiger partial charge is 0.490 e. The summed E-state index contributed by atoms with van der Waals surface area (Å²) in [6.45, 7) is 6.49. The van der Waals surface area contributed by atoms with Crippen LogP contribution in [0.5, 0.6) is 5.75 Å². The third kappa shape index (κ3) is 6.47. The molecule has 2 bridgehead atoms. The molecule has 1 fully saturated rings. The number of carbonyl (C=O) groups excluding carboxylic acids is 2. The van der Waals surface area contributed by atoms with Gasteiger partial charge in [0, 0.05) is 36.8 Å². The Kier molecular flexibility index (Phi) is 9.11. The summed E-state index contributed by atoms with van der Waals surface area (Å²) in [5.41, 5.74) is 1.97. The molecule has 1 spiro atoms. The Bertz CT molecular complexity index is 2000. The SMILES string of the molecule is Cc1nn(C)cc1C(=O)N[S@@]1(=O)=NC(=O)C(C)(C)OC/C=C/[C@H](O)[C@@H]2CC[C@H]2CN2C[C@@]3(CCCc4cc(Cl)ccc43)COc3ccc1cc32. The highest BCUT2D eigenvalue weighted by Gasteiger charge is 2.44. The first kappa shape index (κ1) is 34.7. The first-order valence-electron chi connectivity index (χ1n) is 17.2. The lowest BCUT2D eigenvalue weighted by atomic mass is 9.68. The van der Waals surface area contributed by atoms with Gasteiger partial charge in [0.2, 0.25) is 0 Å². The average molecular weight is 722 g/mol. The van der Waals surface area contributed by atoms with Gasteiger partial charge in [-0.2, -0.15) is 5.10 Å². The molecule has 1 aromatic heterocycles. The molecule has 2 aliphatic heterocycles. The van der Waals surface area contributed by atoms with E-state index in [0.717, 1.165) is 32.1 Å². The van der Waals surface area contributed by atoms with E-state index >= 15 is 4.21 Å². The van der Waals surface area contributed by atoms with Gasteiger partial charge >= 0.3 is 0 Å². The molecule has 1 saturated carbocycles. The number of aromatic nitrogens is 2. The number of aliphatic hydroxyl groups is 1. The van der Waals surface area contributed by atoms with Crippen LogP contribution in [-0.4, -0.2) is 68.9 Å². The normalized spacial score (nSPS) is 29.8. The summed E-state index contributed by atoms with van der Waals surface area (Å²) < 4.78 is 35.9. The maximum absolute atomic E-state index is 15.1. The third-order valence-electron chi connectivity index (χ3n) is 10.8. The van der Waals surface area contributed by atoms with Gasteiger partial charge in [0.15, 0.2) is 9.92 Å². The number of amides is 2. The molecule has 13 heteroatoms. The standard InChI is InChI=1S/C37H44ClN5O6S/c1-23-29(20-42(4)39-23)34(45)40-50(47)27-11-14-33-31(18-27)43(21-37(22-48-33)15-5-7-24-17-26(38)10-13-30(24)37)19-25-9-12-28(25)32(44)8-6-16-49-36(2,3)35(46)41-50/h6,8,10-11,13-14,17-18,20,25,28,32,44H,5,7,9,12,15-16,19,21-22H2,1-4H3,(H,40,41,45,46,47)/b8-6+/t25-,28+,32-,37-,50+/m0/s1. The summed E-state index contributed by atoms with van der Waals surface area (Å²) in [4.78, 5) is 29.9. The lowest BCUT2D eigenvalue weighted by Gasteiger charge is -2.45.